The molecule has 0 spiro atoms. The van der Waals surface area contributed by atoms with Gasteiger partial charge in [-0.3, -0.25) is 14.9 Å². The zero-order chi connectivity index (χ0) is 12.8. The zero-order valence-corrected chi connectivity index (χ0v) is 11.0. The van der Waals surface area contributed by atoms with E-state index in [-0.39, 0.29) is 11.6 Å². The lowest BCUT2D eigenvalue weighted by molar-refractivity contribution is -0.384. The molecule has 17 heavy (non-hydrogen) atoms. The maximum Gasteiger partial charge on any atom is 0.270 e. The van der Waals surface area contributed by atoms with Crippen molar-refractivity contribution in [3.05, 3.63) is 39.9 Å². The smallest absolute Gasteiger partial charge is 0.270 e. The minimum Gasteiger partial charge on any atom is -0.338 e. The third-order valence-corrected chi connectivity index (χ3v) is 2.68. The molecule has 0 fully saturated rings. The quantitative estimate of drug-likeness (QED) is 0.477. The summed E-state index contributed by atoms with van der Waals surface area (Å²) < 4.78 is 0. The van der Waals surface area contributed by atoms with Gasteiger partial charge in [-0.05, 0) is 13.0 Å². The van der Waals surface area contributed by atoms with Gasteiger partial charge in [0.15, 0.2) is 0 Å². The molecule has 1 amide bonds. The lowest BCUT2D eigenvalue weighted by Crippen LogP contribution is -2.32. The second-order valence-electron chi connectivity index (χ2n) is 3.38. The molecule has 0 heterocycles. The van der Waals surface area contributed by atoms with Gasteiger partial charge < -0.3 is 4.90 Å². The first-order valence-electron chi connectivity index (χ1n) is 5.19. The Morgan fingerprint density at radius 1 is 1.53 bits per heavy atom. The van der Waals surface area contributed by atoms with Crippen LogP contribution >= 0.6 is 15.9 Å². The second-order valence-corrected chi connectivity index (χ2v) is 4.17. The minimum absolute atomic E-state index is 0.0641. The van der Waals surface area contributed by atoms with Crippen molar-refractivity contribution in [2.24, 2.45) is 0 Å². The van der Waals surface area contributed by atoms with Crippen LogP contribution in [0.25, 0.3) is 0 Å². The third kappa shape index (κ3) is 3.52. The number of carbonyl (C=O) groups is 1. The van der Waals surface area contributed by atoms with Crippen LogP contribution in [-0.4, -0.2) is 34.2 Å². The first kappa shape index (κ1) is 13.6. The molecular formula is C11H13BrN2O3. The molecule has 0 aromatic heterocycles. The van der Waals surface area contributed by atoms with E-state index in [1.165, 1.54) is 18.2 Å². The molecule has 0 saturated carbocycles. The molecule has 0 saturated heterocycles. The van der Waals surface area contributed by atoms with Gasteiger partial charge in [0.1, 0.15) is 0 Å². The van der Waals surface area contributed by atoms with Crippen LogP contribution in [0.4, 0.5) is 5.69 Å². The molecule has 0 aliphatic carbocycles. The molecule has 0 aliphatic heterocycles. The summed E-state index contributed by atoms with van der Waals surface area (Å²) in [5.74, 6) is -0.185. The number of rotatable bonds is 5. The summed E-state index contributed by atoms with van der Waals surface area (Å²) in [5.41, 5.74) is 0.285. The van der Waals surface area contributed by atoms with Gasteiger partial charge in [0.2, 0.25) is 0 Å². The Hall–Kier alpha value is -1.43. The predicted molar refractivity (Wildman–Crippen MR) is 68.5 cm³/mol. The molecule has 1 rings (SSSR count). The Kier molecular flexibility index (Phi) is 5.09. The number of hydrogen-bond donors (Lipinski definition) is 0. The number of alkyl halides is 1. The Balaban J connectivity index is 2.95. The molecule has 6 heteroatoms. The van der Waals surface area contributed by atoms with E-state index in [9.17, 15) is 14.9 Å². The number of amides is 1. The third-order valence-electron chi connectivity index (χ3n) is 2.33. The fraction of sp³-hybridized carbons (Fsp3) is 0.364. The van der Waals surface area contributed by atoms with Crippen LogP contribution in [0.1, 0.15) is 17.3 Å². The number of carbonyl (C=O) groups excluding carboxylic acids is 1. The monoisotopic (exact) mass is 300 g/mol. The average Bonchev–Trinajstić information content (AvgIpc) is 2.35. The van der Waals surface area contributed by atoms with Gasteiger partial charge in [0.25, 0.3) is 11.6 Å². The highest BCUT2D eigenvalue weighted by molar-refractivity contribution is 9.09. The molecule has 0 N–H and O–H groups in total. The van der Waals surface area contributed by atoms with Crippen LogP contribution in [0.2, 0.25) is 0 Å². The van der Waals surface area contributed by atoms with E-state index < -0.39 is 4.92 Å². The maximum absolute atomic E-state index is 12.0. The van der Waals surface area contributed by atoms with Crippen molar-refractivity contribution in [3.8, 4) is 0 Å². The van der Waals surface area contributed by atoms with Gasteiger partial charge >= 0.3 is 0 Å². The number of nitrogens with zero attached hydrogens (tertiary/aromatic N) is 2. The van der Waals surface area contributed by atoms with Crippen molar-refractivity contribution < 1.29 is 9.72 Å². The number of non-ortho nitro benzene ring substituents is 1. The Labute approximate surface area is 108 Å². The minimum atomic E-state index is -0.502. The summed E-state index contributed by atoms with van der Waals surface area (Å²) in [7, 11) is 0. The largest absolute Gasteiger partial charge is 0.338 e. The molecule has 1 aromatic carbocycles. The van der Waals surface area contributed by atoms with Gasteiger partial charge in [-0.2, -0.15) is 0 Å². The lowest BCUT2D eigenvalue weighted by atomic mass is 10.2. The van der Waals surface area contributed by atoms with Crippen molar-refractivity contribution in [3.63, 3.8) is 0 Å². The van der Waals surface area contributed by atoms with Crippen molar-refractivity contribution in [2.75, 3.05) is 18.4 Å². The Bertz CT molecular complexity index is 423. The van der Waals surface area contributed by atoms with E-state index in [1.807, 2.05) is 6.92 Å². The number of hydrogen-bond acceptors (Lipinski definition) is 3. The van der Waals surface area contributed by atoms with E-state index in [0.717, 1.165) is 0 Å². The van der Waals surface area contributed by atoms with E-state index in [4.69, 9.17) is 0 Å². The average molecular weight is 301 g/mol. The van der Waals surface area contributed by atoms with Crippen LogP contribution in [0.5, 0.6) is 0 Å². The van der Waals surface area contributed by atoms with E-state index in [1.54, 1.807) is 11.0 Å². The van der Waals surface area contributed by atoms with E-state index in [0.29, 0.717) is 24.0 Å². The van der Waals surface area contributed by atoms with Crippen molar-refractivity contribution in [1.29, 1.82) is 0 Å². The summed E-state index contributed by atoms with van der Waals surface area (Å²) in [4.78, 5) is 23.8. The van der Waals surface area contributed by atoms with Crippen LogP contribution in [0, 0.1) is 10.1 Å². The van der Waals surface area contributed by atoms with E-state index in [2.05, 4.69) is 15.9 Å². The number of nitro groups is 1. The number of nitro benzene ring substituents is 1. The molecule has 0 atom stereocenters. The van der Waals surface area contributed by atoms with Gasteiger partial charge in [-0.15, -0.1) is 0 Å². The fourth-order valence-electron chi connectivity index (χ4n) is 1.44. The number of benzene rings is 1. The summed E-state index contributed by atoms with van der Waals surface area (Å²) in [5, 5.41) is 11.3. The normalized spacial score (nSPS) is 10.0. The maximum atomic E-state index is 12.0. The highest BCUT2D eigenvalue weighted by Gasteiger charge is 2.16. The van der Waals surface area contributed by atoms with Gasteiger partial charge in [0, 0.05) is 36.1 Å². The Morgan fingerprint density at radius 2 is 2.24 bits per heavy atom. The summed E-state index contributed by atoms with van der Waals surface area (Å²) in [6.07, 6.45) is 0. The molecule has 0 aliphatic rings. The number of halogens is 1. The van der Waals surface area contributed by atoms with Crippen LogP contribution in [0.15, 0.2) is 24.3 Å². The fourth-order valence-corrected chi connectivity index (χ4v) is 1.87. The Morgan fingerprint density at radius 3 is 2.76 bits per heavy atom. The molecule has 1 aromatic rings. The highest BCUT2D eigenvalue weighted by Crippen LogP contribution is 2.14. The topological polar surface area (TPSA) is 63.5 Å². The first-order valence-corrected chi connectivity index (χ1v) is 6.32. The standard InChI is InChI=1S/C11H13BrN2O3/c1-2-13(7-6-12)11(15)9-4-3-5-10(8-9)14(16)17/h3-5,8H,2,6-7H2,1H3. The van der Waals surface area contributed by atoms with Gasteiger partial charge in [0.05, 0.1) is 4.92 Å². The summed E-state index contributed by atoms with van der Waals surface area (Å²) >= 11 is 3.27. The molecule has 5 nitrogen and oxygen atoms in total. The highest BCUT2D eigenvalue weighted by atomic mass is 79.9. The first-order chi connectivity index (χ1) is 8.10. The van der Waals surface area contributed by atoms with Crippen LogP contribution < -0.4 is 0 Å². The van der Waals surface area contributed by atoms with Crippen molar-refractivity contribution >= 4 is 27.5 Å². The van der Waals surface area contributed by atoms with Gasteiger partial charge in [-0.1, -0.05) is 22.0 Å². The van der Waals surface area contributed by atoms with E-state index >= 15 is 0 Å². The summed E-state index contributed by atoms with van der Waals surface area (Å²) in [6, 6.07) is 5.79. The molecule has 0 bridgehead atoms. The predicted octanol–water partition coefficient (Wildman–Crippen LogP) is 2.45. The molecular weight excluding hydrogens is 288 g/mol. The summed E-state index contributed by atoms with van der Waals surface area (Å²) in [6.45, 7) is 3.03. The molecule has 92 valence electrons. The van der Waals surface area contributed by atoms with Crippen molar-refractivity contribution in [1.82, 2.24) is 4.90 Å². The van der Waals surface area contributed by atoms with Crippen LogP contribution in [-0.2, 0) is 0 Å². The SMILES string of the molecule is CCN(CCBr)C(=O)c1cccc([N+](=O)[O-])c1. The van der Waals surface area contributed by atoms with Gasteiger partial charge in [-0.25, -0.2) is 0 Å². The molecule has 0 unspecified atom stereocenters. The second kappa shape index (κ2) is 6.34. The zero-order valence-electron chi connectivity index (χ0n) is 9.43. The van der Waals surface area contributed by atoms with Crippen LogP contribution in [0.3, 0.4) is 0 Å². The lowest BCUT2D eigenvalue weighted by Gasteiger charge is -2.19. The van der Waals surface area contributed by atoms with Crippen molar-refractivity contribution in [2.45, 2.75) is 6.92 Å². The molecule has 0 radical (unpaired) electrons.